The van der Waals surface area contributed by atoms with Gasteiger partial charge in [-0.25, -0.2) is 0 Å². The lowest BCUT2D eigenvalue weighted by Gasteiger charge is -2.32. The van der Waals surface area contributed by atoms with E-state index in [2.05, 4.69) is 30.0 Å². The SMILES string of the molecule is CN1CCC(CN(C)C2CCCCCC2C#N)C1. The first kappa shape index (κ1) is 13.8. The third-order valence-electron chi connectivity index (χ3n) is 4.75. The van der Waals surface area contributed by atoms with Crippen LogP contribution in [0.5, 0.6) is 0 Å². The van der Waals surface area contributed by atoms with Crippen LogP contribution in [0.15, 0.2) is 0 Å². The first-order valence-electron chi connectivity index (χ1n) is 7.49. The van der Waals surface area contributed by atoms with E-state index >= 15 is 0 Å². The summed E-state index contributed by atoms with van der Waals surface area (Å²) in [7, 11) is 4.45. The van der Waals surface area contributed by atoms with E-state index in [0.717, 1.165) is 12.3 Å². The van der Waals surface area contributed by atoms with Gasteiger partial charge in [0.2, 0.25) is 0 Å². The Kier molecular flexibility index (Phi) is 5.03. The molecule has 0 bridgehead atoms. The van der Waals surface area contributed by atoms with Crippen molar-refractivity contribution in [3.05, 3.63) is 0 Å². The molecule has 2 rings (SSSR count). The van der Waals surface area contributed by atoms with Crippen molar-refractivity contribution >= 4 is 0 Å². The molecule has 3 unspecified atom stereocenters. The molecule has 3 nitrogen and oxygen atoms in total. The topological polar surface area (TPSA) is 30.3 Å². The van der Waals surface area contributed by atoms with Gasteiger partial charge in [-0.15, -0.1) is 0 Å². The summed E-state index contributed by atoms with van der Waals surface area (Å²) >= 11 is 0. The van der Waals surface area contributed by atoms with Gasteiger partial charge in [-0.3, -0.25) is 0 Å². The van der Waals surface area contributed by atoms with Gasteiger partial charge in [-0.2, -0.15) is 5.26 Å². The van der Waals surface area contributed by atoms with Gasteiger partial charge in [0.25, 0.3) is 0 Å². The van der Waals surface area contributed by atoms with Crippen LogP contribution >= 0.6 is 0 Å². The predicted molar refractivity (Wildman–Crippen MR) is 74.2 cm³/mol. The Morgan fingerprint density at radius 3 is 2.67 bits per heavy atom. The highest BCUT2D eigenvalue weighted by molar-refractivity contribution is 4.94. The van der Waals surface area contributed by atoms with Gasteiger partial charge in [0.15, 0.2) is 0 Å². The molecular formula is C15H27N3. The molecule has 0 aromatic rings. The van der Waals surface area contributed by atoms with Crippen LogP contribution in [0.25, 0.3) is 0 Å². The van der Waals surface area contributed by atoms with E-state index in [1.165, 1.54) is 51.7 Å². The van der Waals surface area contributed by atoms with Crippen molar-refractivity contribution in [1.29, 1.82) is 5.26 Å². The molecular weight excluding hydrogens is 222 g/mol. The monoisotopic (exact) mass is 249 g/mol. The van der Waals surface area contributed by atoms with E-state index in [1.54, 1.807) is 0 Å². The van der Waals surface area contributed by atoms with Crippen LogP contribution in [0.1, 0.15) is 38.5 Å². The van der Waals surface area contributed by atoms with E-state index in [9.17, 15) is 5.26 Å². The molecule has 0 amide bonds. The van der Waals surface area contributed by atoms with Crippen LogP contribution in [-0.4, -0.2) is 49.6 Å². The minimum Gasteiger partial charge on any atom is -0.306 e. The summed E-state index contributed by atoms with van der Waals surface area (Å²) in [5.41, 5.74) is 0. The van der Waals surface area contributed by atoms with Gasteiger partial charge in [-0.05, 0) is 45.8 Å². The Labute approximate surface area is 112 Å². The van der Waals surface area contributed by atoms with Crippen molar-refractivity contribution in [2.75, 3.05) is 33.7 Å². The van der Waals surface area contributed by atoms with Crippen LogP contribution in [0.3, 0.4) is 0 Å². The highest BCUT2D eigenvalue weighted by Crippen LogP contribution is 2.27. The van der Waals surface area contributed by atoms with Crippen LogP contribution in [-0.2, 0) is 0 Å². The lowest BCUT2D eigenvalue weighted by Crippen LogP contribution is -2.40. The zero-order chi connectivity index (χ0) is 13.0. The maximum atomic E-state index is 9.35. The molecule has 18 heavy (non-hydrogen) atoms. The fourth-order valence-corrected chi connectivity index (χ4v) is 3.68. The maximum absolute atomic E-state index is 9.35. The van der Waals surface area contributed by atoms with Crippen LogP contribution < -0.4 is 0 Å². The zero-order valence-corrected chi connectivity index (χ0v) is 11.9. The second-order valence-corrected chi connectivity index (χ2v) is 6.30. The molecule has 2 fully saturated rings. The van der Waals surface area contributed by atoms with Crippen LogP contribution in [0.2, 0.25) is 0 Å². The number of hydrogen-bond acceptors (Lipinski definition) is 3. The standard InChI is InChI=1S/C15H27N3/c1-17-9-8-13(11-17)12-18(2)15-7-5-3-4-6-14(15)10-16/h13-15H,3-9,11-12H2,1-2H3. The smallest absolute Gasteiger partial charge is 0.0672 e. The third-order valence-corrected chi connectivity index (χ3v) is 4.75. The van der Waals surface area contributed by atoms with Gasteiger partial charge in [-0.1, -0.05) is 19.3 Å². The fourth-order valence-electron chi connectivity index (χ4n) is 3.68. The second-order valence-electron chi connectivity index (χ2n) is 6.30. The first-order chi connectivity index (χ1) is 8.70. The average Bonchev–Trinajstić information content (AvgIpc) is 2.65. The fraction of sp³-hybridized carbons (Fsp3) is 0.933. The molecule has 1 aliphatic heterocycles. The van der Waals surface area contributed by atoms with Crippen molar-refractivity contribution in [1.82, 2.24) is 9.80 Å². The Balaban J connectivity index is 1.89. The summed E-state index contributed by atoms with van der Waals surface area (Å²) < 4.78 is 0. The lowest BCUT2D eigenvalue weighted by molar-refractivity contribution is 0.165. The van der Waals surface area contributed by atoms with Gasteiger partial charge in [0.05, 0.1) is 12.0 Å². The third kappa shape index (κ3) is 3.46. The minimum atomic E-state index is 0.261. The summed E-state index contributed by atoms with van der Waals surface area (Å²) in [6.45, 7) is 3.65. The summed E-state index contributed by atoms with van der Waals surface area (Å²) in [6, 6.07) is 3.06. The second kappa shape index (κ2) is 6.54. The van der Waals surface area contributed by atoms with Crippen molar-refractivity contribution in [2.24, 2.45) is 11.8 Å². The molecule has 0 aromatic heterocycles. The van der Waals surface area contributed by atoms with Crippen LogP contribution in [0.4, 0.5) is 0 Å². The van der Waals surface area contributed by atoms with Crippen molar-refractivity contribution in [3.63, 3.8) is 0 Å². The maximum Gasteiger partial charge on any atom is 0.0672 e. The Morgan fingerprint density at radius 1 is 1.22 bits per heavy atom. The zero-order valence-electron chi connectivity index (χ0n) is 11.9. The molecule has 3 heteroatoms. The predicted octanol–water partition coefficient (Wildman–Crippen LogP) is 2.34. The van der Waals surface area contributed by atoms with E-state index < -0.39 is 0 Å². The van der Waals surface area contributed by atoms with Crippen molar-refractivity contribution < 1.29 is 0 Å². The van der Waals surface area contributed by atoms with Gasteiger partial charge < -0.3 is 9.80 Å². The van der Waals surface area contributed by atoms with Crippen molar-refractivity contribution in [3.8, 4) is 6.07 Å². The van der Waals surface area contributed by atoms with Gasteiger partial charge in [0, 0.05) is 19.1 Å². The number of rotatable bonds is 3. The van der Waals surface area contributed by atoms with Crippen molar-refractivity contribution in [2.45, 2.75) is 44.6 Å². The molecule has 2 aliphatic rings. The van der Waals surface area contributed by atoms with E-state index in [4.69, 9.17) is 0 Å². The van der Waals surface area contributed by atoms with E-state index in [0.29, 0.717) is 6.04 Å². The Morgan fingerprint density at radius 2 is 2.00 bits per heavy atom. The molecule has 0 radical (unpaired) electrons. The number of nitriles is 1. The Bertz CT molecular complexity index is 297. The lowest BCUT2D eigenvalue weighted by atomic mass is 9.94. The number of hydrogen-bond donors (Lipinski definition) is 0. The van der Waals surface area contributed by atoms with Gasteiger partial charge >= 0.3 is 0 Å². The molecule has 0 N–H and O–H groups in total. The minimum absolute atomic E-state index is 0.261. The Hall–Kier alpha value is -0.590. The van der Waals surface area contributed by atoms with Crippen LogP contribution in [0, 0.1) is 23.2 Å². The molecule has 1 heterocycles. The average molecular weight is 249 g/mol. The largest absolute Gasteiger partial charge is 0.306 e. The molecule has 1 saturated heterocycles. The number of likely N-dealkylation sites (tertiary alicyclic amines) is 1. The normalized spacial score (nSPS) is 34.4. The highest BCUT2D eigenvalue weighted by Gasteiger charge is 2.29. The summed E-state index contributed by atoms with van der Waals surface area (Å²) in [6.07, 6.45) is 7.51. The molecule has 1 aliphatic carbocycles. The summed E-state index contributed by atoms with van der Waals surface area (Å²) in [5, 5.41) is 9.35. The first-order valence-corrected chi connectivity index (χ1v) is 7.49. The molecule has 0 aromatic carbocycles. The van der Waals surface area contributed by atoms with Gasteiger partial charge in [0.1, 0.15) is 0 Å². The van der Waals surface area contributed by atoms with E-state index in [-0.39, 0.29) is 5.92 Å². The summed E-state index contributed by atoms with van der Waals surface area (Å²) in [5.74, 6) is 1.07. The molecule has 102 valence electrons. The number of nitrogens with zero attached hydrogens (tertiary/aromatic N) is 3. The van der Waals surface area contributed by atoms with E-state index in [1.807, 2.05) is 0 Å². The quantitative estimate of drug-likeness (QED) is 0.719. The molecule has 3 atom stereocenters. The highest BCUT2D eigenvalue weighted by atomic mass is 15.2. The summed E-state index contributed by atoms with van der Waals surface area (Å²) in [4.78, 5) is 4.91. The molecule has 0 spiro atoms. The molecule has 1 saturated carbocycles.